The van der Waals surface area contributed by atoms with Crippen LogP contribution in [-0.4, -0.2) is 6.04 Å². The van der Waals surface area contributed by atoms with Crippen molar-refractivity contribution >= 4 is 17.0 Å². The van der Waals surface area contributed by atoms with Gasteiger partial charge in [-0.3, -0.25) is 0 Å². The van der Waals surface area contributed by atoms with Crippen LogP contribution in [-0.2, 0) is 6.42 Å². The van der Waals surface area contributed by atoms with Crippen molar-refractivity contribution in [3.8, 4) is 0 Å². The van der Waals surface area contributed by atoms with Gasteiger partial charge in [-0.1, -0.05) is 85.4 Å². The fourth-order valence-electron chi connectivity index (χ4n) is 9.31. The van der Waals surface area contributed by atoms with Crippen LogP contribution in [0.3, 0.4) is 0 Å². The van der Waals surface area contributed by atoms with Crippen LogP contribution in [0.1, 0.15) is 106 Å². The van der Waals surface area contributed by atoms with Gasteiger partial charge in [-0.25, -0.2) is 0 Å². The Balaban J connectivity index is 1.04. The molecule has 0 spiro atoms. The van der Waals surface area contributed by atoms with Crippen molar-refractivity contribution in [2.45, 2.75) is 102 Å². The summed E-state index contributed by atoms with van der Waals surface area (Å²) < 4.78 is 6.40. The molecule has 0 aliphatic heterocycles. The second kappa shape index (κ2) is 12.6. The quantitative estimate of drug-likeness (QED) is 0.366. The zero-order valence-corrected chi connectivity index (χ0v) is 26.4. The fraction of sp³-hybridized carbons (Fsp3) is 0.476. The molecule has 1 saturated carbocycles. The van der Waals surface area contributed by atoms with Crippen LogP contribution in [0.2, 0.25) is 0 Å². The van der Waals surface area contributed by atoms with Crippen molar-refractivity contribution in [3.63, 3.8) is 0 Å². The molecule has 1 aromatic heterocycles. The molecule has 228 valence electrons. The molecular formula is C42H49NO. The molecule has 6 aliphatic rings. The zero-order chi connectivity index (χ0) is 29.3. The van der Waals surface area contributed by atoms with Gasteiger partial charge in [-0.2, -0.15) is 0 Å². The van der Waals surface area contributed by atoms with Crippen LogP contribution >= 0.6 is 0 Å². The first-order valence-electron chi connectivity index (χ1n) is 17.9. The van der Waals surface area contributed by atoms with Crippen LogP contribution in [0, 0.1) is 23.7 Å². The summed E-state index contributed by atoms with van der Waals surface area (Å²) in [7, 11) is 0. The maximum absolute atomic E-state index is 6.40. The van der Waals surface area contributed by atoms with Gasteiger partial charge in [0.1, 0.15) is 11.3 Å². The Morgan fingerprint density at radius 2 is 1.80 bits per heavy atom. The number of hydrogen-bond donors (Lipinski definition) is 1. The molecule has 1 N–H and O–H groups in total. The third-order valence-corrected chi connectivity index (χ3v) is 11.7. The molecule has 2 aromatic rings. The average Bonchev–Trinajstić information content (AvgIpc) is 3.47. The van der Waals surface area contributed by atoms with Gasteiger partial charge in [0.2, 0.25) is 0 Å². The topological polar surface area (TPSA) is 25.2 Å². The van der Waals surface area contributed by atoms with E-state index in [2.05, 4.69) is 90.4 Å². The number of furan rings is 1. The summed E-state index contributed by atoms with van der Waals surface area (Å²) in [6, 6.07) is 7.59. The molecule has 6 aliphatic carbocycles. The molecule has 0 saturated heterocycles. The van der Waals surface area contributed by atoms with Gasteiger partial charge in [0.15, 0.2) is 0 Å². The van der Waals surface area contributed by atoms with Crippen LogP contribution in [0.25, 0.3) is 17.0 Å². The van der Waals surface area contributed by atoms with Gasteiger partial charge in [0.05, 0.1) is 0 Å². The summed E-state index contributed by atoms with van der Waals surface area (Å²) in [6.07, 6.45) is 43.8. The maximum atomic E-state index is 6.40. The summed E-state index contributed by atoms with van der Waals surface area (Å²) in [4.78, 5) is 0. The standard InChI is InChI=1S/C42H49NO/c1-3-11-29(12-4-1)30-13-9-14-31(25-30)33-22-24-40(43-36-17-5-2-6-18-36)39(27-33)35-16-10-15-32(26-35)34-21-23-38-37-19-7-8-20-41(37)44-42(38)28-34/h2,5-7,9,11,13,17,19,21,23-25,28,31-33,35-36,39,43H,1,3-4,8,10,12,14-16,18,20,22,26-27H2. The first-order chi connectivity index (χ1) is 21.8. The second-order valence-corrected chi connectivity index (χ2v) is 14.5. The van der Waals surface area contributed by atoms with E-state index in [1.165, 1.54) is 98.5 Å². The minimum absolute atomic E-state index is 0.425. The highest BCUT2D eigenvalue weighted by atomic mass is 16.3. The van der Waals surface area contributed by atoms with E-state index < -0.39 is 0 Å². The van der Waals surface area contributed by atoms with E-state index in [4.69, 9.17) is 4.42 Å². The van der Waals surface area contributed by atoms with Crippen LogP contribution < -0.4 is 5.32 Å². The molecule has 0 amide bonds. The van der Waals surface area contributed by atoms with E-state index in [1.54, 1.807) is 11.3 Å². The van der Waals surface area contributed by atoms with E-state index >= 15 is 0 Å². The Kier molecular flexibility index (Phi) is 8.10. The molecule has 1 heterocycles. The smallest absolute Gasteiger partial charge is 0.135 e. The third-order valence-electron chi connectivity index (χ3n) is 11.7. The summed E-state index contributed by atoms with van der Waals surface area (Å²) in [5, 5.41) is 5.35. The first-order valence-corrected chi connectivity index (χ1v) is 17.9. The predicted molar refractivity (Wildman–Crippen MR) is 184 cm³/mol. The SMILES string of the molecule is C1=CCC(NC2=CCC(C3C=C(C4=CCCCC4)C=CC3)CC2C2CCCC(c3ccc4c5c(oc4c3)CCC=C5)C2)C=C1. The number of nitrogens with one attached hydrogen (secondary N) is 1. The normalized spacial score (nSPS) is 31.8. The van der Waals surface area contributed by atoms with E-state index in [0.717, 1.165) is 36.7 Å². The molecule has 0 radical (unpaired) electrons. The lowest BCUT2D eigenvalue weighted by Gasteiger charge is -2.42. The number of allylic oxidation sites excluding steroid dienone is 11. The molecule has 2 nitrogen and oxygen atoms in total. The highest BCUT2D eigenvalue weighted by Crippen LogP contribution is 2.48. The van der Waals surface area contributed by atoms with Crippen molar-refractivity contribution < 1.29 is 4.42 Å². The van der Waals surface area contributed by atoms with Gasteiger partial charge in [-0.05, 0) is 123 Å². The van der Waals surface area contributed by atoms with E-state index in [0.29, 0.717) is 23.8 Å². The fourth-order valence-corrected chi connectivity index (χ4v) is 9.31. The van der Waals surface area contributed by atoms with Crippen LogP contribution in [0.4, 0.5) is 0 Å². The average molecular weight is 584 g/mol. The summed E-state index contributed by atoms with van der Waals surface area (Å²) in [6.45, 7) is 0. The van der Waals surface area contributed by atoms with E-state index in [1.807, 2.05) is 0 Å². The van der Waals surface area contributed by atoms with E-state index in [9.17, 15) is 0 Å². The number of benzene rings is 1. The molecule has 8 rings (SSSR count). The van der Waals surface area contributed by atoms with Crippen LogP contribution in [0.5, 0.6) is 0 Å². The number of aryl methyl sites for hydroxylation is 1. The Bertz CT molecular complexity index is 1590. The molecule has 1 fully saturated rings. The molecule has 6 unspecified atom stereocenters. The summed E-state index contributed by atoms with van der Waals surface area (Å²) in [5.41, 5.74) is 8.60. The first kappa shape index (κ1) is 28.2. The monoisotopic (exact) mass is 583 g/mol. The molecule has 1 aromatic carbocycles. The number of rotatable bonds is 6. The molecule has 2 heteroatoms. The van der Waals surface area contributed by atoms with Gasteiger partial charge in [0.25, 0.3) is 0 Å². The van der Waals surface area contributed by atoms with Crippen molar-refractivity contribution in [3.05, 3.63) is 113 Å². The molecule has 44 heavy (non-hydrogen) atoms. The third kappa shape index (κ3) is 5.78. The van der Waals surface area contributed by atoms with Gasteiger partial charge < -0.3 is 9.73 Å². The molecule has 6 atom stereocenters. The van der Waals surface area contributed by atoms with Gasteiger partial charge in [0, 0.05) is 35.0 Å². The van der Waals surface area contributed by atoms with Crippen molar-refractivity contribution in [1.82, 2.24) is 5.32 Å². The highest BCUT2D eigenvalue weighted by Gasteiger charge is 2.37. The largest absolute Gasteiger partial charge is 0.460 e. The predicted octanol–water partition coefficient (Wildman–Crippen LogP) is 11.1. The summed E-state index contributed by atoms with van der Waals surface area (Å²) >= 11 is 0. The second-order valence-electron chi connectivity index (χ2n) is 14.5. The minimum Gasteiger partial charge on any atom is -0.460 e. The van der Waals surface area contributed by atoms with Crippen molar-refractivity contribution in [2.75, 3.05) is 0 Å². The summed E-state index contributed by atoms with van der Waals surface area (Å²) in [5.74, 6) is 4.55. The van der Waals surface area contributed by atoms with Gasteiger partial charge >= 0.3 is 0 Å². The van der Waals surface area contributed by atoms with E-state index in [-0.39, 0.29) is 0 Å². The number of fused-ring (bicyclic) bond motifs is 3. The highest BCUT2D eigenvalue weighted by molar-refractivity contribution is 5.89. The minimum atomic E-state index is 0.425. The zero-order valence-electron chi connectivity index (χ0n) is 26.4. The maximum Gasteiger partial charge on any atom is 0.135 e. The van der Waals surface area contributed by atoms with Crippen molar-refractivity contribution in [1.29, 1.82) is 0 Å². The Hall–Kier alpha value is -3.26. The van der Waals surface area contributed by atoms with Crippen LogP contribution in [0.15, 0.2) is 100 Å². The Morgan fingerprint density at radius 3 is 2.70 bits per heavy atom. The lowest BCUT2D eigenvalue weighted by atomic mass is 9.65. The lowest BCUT2D eigenvalue weighted by Crippen LogP contribution is -2.38. The molecular weight excluding hydrogens is 534 g/mol. The Labute approximate surface area is 264 Å². The van der Waals surface area contributed by atoms with Crippen molar-refractivity contribution in [2.24, 2.45) is 23.7 Å². The lowest BCUT2D eigenvalue weighted by molar-refractivity contribution is 0.187. The molecule has 0 bridgehead atoms. The Morgan fingerprint density at radius 1 is 0.795 bits per heavy atom. The number of hydrogen-bond acceptors (Lipinski definition) is 2. The van der Waals surface area contributed by atoms with Gasteiger partial charge in [-0.15, -0.1) is 0 Å².